The molecule has 2 unspecified atom stereocenters. The number of H-pyrrole nitrogens is 1. The molecular weight excluding hydrogens is 236 g/mol. The normalized spacial score (nSPS) is 23.5. The summed E-state index contributed by atoms with van der Waals surface area (Å²) < 4.78 is 5.31. The van der Waals surface area contributed by atoms with Crippen LogP contribution in [0.4, 0.5) is 0 Å². The summed E-state index contributed by atoms with van der Waals surface area (Å²) in [5.74, 6) is 0.930. The van der Waals surface area contributed by atoms with Gasteiger partial charge in [-0.15, -0.1) is 0 Å². The van der Waals surface area contributed by atoms with Gasteiger partial charge in [0.1, 0.15) is 5.75 Å². The fraction of sp³-hybridized carbons (Fsp3) is 0.500. The standard InChI is InChI=1S/C16H22N2O/c1-11-8-12(2)18(11)7-6-13-10-17-16-5-4-14(19-3)9-15(13)16/h4-5,9-12,17H,6-8H2,1-3H3. The van der Waals surface area contributed by atoms with Crippen LogP contribution in [0.25, 0.3) is 10.9 Å². The van der Waals surface area contributed by atoms with Gasteiger partial charge >= 0.3 is 0 Å². The average molecular weight is 258 g/mol. The van der Waals surface area contributed by atoms with Crippen molar-refractivity contribution in [3.63, 3.8) is 0 Å². The molecule has 1 aromatic heterocycles. The Bertz CT molecular complexity index is 567. The molecular formula is C16H22N2O. The minimum Gasteiger partial charge on any atom is -0.497 e. The van der Waals surface area contributed by atoms with Crippen LogP contribution in [-0.4, -0.2) is 35.6 Å². The molecule has 1 aliphatic rings. The molecule has 2 heterocycles. The van der Waals surface area contributed by atoms with E-state index in [4.69, 9.17) is 4.74 Å². The fourth-order valence-corrected chi connectivity index (χ4v) is 3.24. The van der Waals surface area contributed by atoms with Gasteiger partial charge in [-0.05, 0) is 50.5 Å². The number of ether oxygens (including phenoxy) is 1. The maximum Gasteiger partial charge on any atom is 0.119 e. The number of methoxy groups -OCH3 is 1. The first-order valence-electron chi connectivity index (χ1n) is 7.09. The van der Waals surface area contributed by atoms with Gasteiger partial charge in [-0.25, -0.2) is 0 Å². The van der Waals surface area contributed by atoms with Crippen LogP contribution in [0.2, 0.25) is 0 Å². The Morgan fingerprint density at radius 1 is 1.32 bits per heavy atom. The maximum absolute atomic E-state index is 5.31. The van der Waals surface area contributed by atoms with Crippen molar-refractivity contribution in [1.29, 1.82) is 0 Å². The van der Waals surface area contributed by atoms with Gasteiger partial charge in [-0.2, -0.15) is 0 Å². The van der Waals surface area contributed by atoms with Crippen LogP contribution in [0.15, 0.2) is 24.4 Å². The summed E-state index contributed by atoms with van der Waals surface area (Å²) in [6, 6.07) is 7.71. The van der Waals surface area contributed by atoms with E-state index in [9.17, 15) is 0 Å². The zero-order chi connectivity index (χ0) is 13.4. The molecule has 1 aromatic carbocycles. The number of fused-ring (bicyclic) bond motifs is 1. The maximum atomic E-state index is 5.31. The summed E-state index contributed by atoms with van der Waals surface area (Å²) in [4.78, 5) is 5.93. The lowest BCUT2D eigenvalue weighted by Crippen LogP contribution is -2.53. The average Bonchev–Trinajstić information content (AvgIpc) is 2.81. The minimum absolute atomic E-state index is 0.745. The Balaban J connectivity index is 1.77. The molecule has 0 radical (unpaired) electrons. The second-order valence-electron chi connectivity index (χ2n) is 5.65. The molecule has 1 aliphatic heterocycles. The molecule has 3 nitrogen and oxygen atoms in total. The summed E-state index contributed by atoms with van der Waals surface area (Å²) >= 11 is 0. The molecule has 1 N–H and O–H groups in total. The molecule has 0 spiro atoms. The Morgan fingerprint density at radius 2 is 2.11 bits per heavy atom. The number of rotatable bonds is 4. The summed E-state index contributed by atoms with van der Waals surface area (Å²) in [5, 5.41) is 1.29. The lowest BCUT2D eigenvalue weighted by atomic mass is 9.95. The van der Waals surface area contributed by atoms with E-state index in [1.165, 1.54) is 22.9 Å². The molecule has 2 aromatic rings. The van der Waals surface area contributed by atoms with E-state index in [1.807, 2.05) is 6.07 Å². The zero-order valence-electron chi connectivity index (χ0n) is 11.9. The molecule has 2 atom stereocenters. The predicted octanol–water partition coefficient (Wildman–Crippen LogP) is 3.20. The number of hydrogen-bond donors (Lipinski definition) is 1. The predicted molar refractivity (Wildman–Crippen MR) is 78.8 cm³/mol. The lowest BCUT2D eigenvalue weighted by molar-refractivity contribution is 0.0396. The van der Waals surface area contributed by atoms with Crippen LogP contribution in [0, 0.1) is 0 Å². The first-order chi connectivity index (χ1) is 9.19. The molecule has 0 saturated carbocycles. The number of nitrogens with zero attached hydrogens (tertiary/aromatic N) is 1. The van der Waals surface area contributed by atoms with Gasteiger partial charge in [0, 0.05) is 35.7 Å². The Hall–Kier alpha value is -1.48. The third kappa shape index (κ3) is 2.23. The van der Waals surface area contributed by atoms with Crippen molar-refractivity contribution < 1.29 is 4.74 Å². The molecule has 0 aliphatic carbocycles. The minimum atomic E-state index is 0.745. The van der Waals surface area contributed by atoms with Gasteiger partial charge < -0.3 is 9.72 Å². The van der Waals surface area contributed by atoms with E-state index in [0.29, 0.717) is 0 Å². The van der Waals surface area contributed by atoms with Crippen LogP contribution in [0.5, 0.6) is 5.75 Å². The quantitative estimate of drug-likeness (QED) is 0.912. The molecule has 19 heavy (non-hydrogen) atoms. The van der Waals surface area contributed by atoms with Crippen molar-refractivity contribution in [2.45, 2.75) is 38.8 Å². The van der Waals surface area contributed by atoms with Crippen molar-refractivity contribution in [3.05, 3.63) is 30.0 Å². The van der Waals surface area contributed by atoms with E-state index >= 15 is 0 Å². The number of aromatic amines is 1. The molecule has 1 saturated heterocycles. The highest BCUT2D eigenvalue weighted by molar-refractivity contribution is 5.84. The molecule has 3 rings (SSSR count). The SMILES string of the molecule is COc1ccc2[nH]cc(CCN3C(C)CC3C)c2c1. The molecule has 0 amide bonds. The van der Waals surface area contributed by atoms with E-state index in [0.717, 1.165) is 30.8 Å². The van der Waals surface area contributed by atoms with Gasteiger partial charge in [-0.1, -0.05) is 0 Å². The first-order valence-corrected chi connectivity index (χ1v) is 7.09. The van der Waals surface area contributed by atoms with Gasteiger partial charge in [0.2, 0.25) is 0 Å². The molecule has 3 heteroatoms. The highest BCUT2D eigenvalue weighted by Gasteiger charge is 2.30. The number of benzene rings is 1. The van der Waals surface area contributed by atoms with E-state index in [-0.39, 0.29) is 0 Å². The third-order valence-corrected chi connectivity index (χ3v) is 4.43. The molecule has 102 valence electrons. The highest BCUT2D eigenvalue weighted by atomic mass is 16.5. The summed E-state index contributed by atoms with van der Waals surface area (Å²) in [6.45, 7) is 5.78. The fourth-order valence-electron chi connectivity index (χ4n) is 3.24. The largest absolute Gasteiger partial charge is 0.497 e. The van der Waals surface area contributed by atoms with Crippen LogP contribution in [0.1, 0.15) is 25.8 Å². The van der Waals surface area contributed by atoms with Gasteiger partial charge in [0.05, 0.1) is 7.11 Å². The van der Waals surface area contributed by atoms with Crippen molar-refractivity contribution >= 4 is 10.9 Å². The number of aromatic nitrogens is 1. The second kappa shape index (κ2) is 4.89. The van der Waals surface area contributed by atoms with Crippen molar-refractivity contribution in [1.82, 2.24) is 9.88 Å². The molecule has 1 fully saturated rings. The van der Waals surface area contributed by atoms with Gasteiger partial charge in [0.15, 0.2) is 0 Å². The van der Waals surface area contributed by atoms with Crippen molar-refractivity contribution in [3.8, 4) is 5.75 Å². The van der Waals surface area contributed by atoms with Crippen LogP contribution < -0.4 is 4.74 Å². The Kier molecular flexibility index (Phi) is 3.23. The van der Waals surface area contributed by atoms with E-state index in [1.54, 1.807) is 7.11 Å². The number of hydrogen-bond acceptors (Lipinski definition) is 2. The van der Waals surface area contributed by atoms with Crippen molar-refractivity contribution in [2.24, 2.45) is 0 Å². The van der Waals surface area contributed by atoms with Crippen LogP contribution in [0.3, 0.4) is 0 Å². The third-order valence-electron chi connectivity index (χ3n) is 4.43. The van der Waals surface area contributed by atoms with E-state index < -0.39 is 0 Å². The first kappa shape index (κ1) is 12.5. The summed E-state index contributed by atoms with van der Waals surface area (Å²) in [6.07, 6.45) is 4.57. The van der Waals surface area contributed by atoms with E-state index in [2.05, 4.69) is 42.1 Å². The molecule has 0 bridgehead atoms. The zero-order valence-corrected chi connectivity index (χ0v) is 11.9. The smallest absolute Gasteiger partial charge is 0.119 e. The topological polar surface area (TPSA) is 28.3 Å². The van der Waals surface area contributed by atoms with Crippen molar-refractivity contribution in [2.75, 3.05) is 13.7 Å². The summed E-state index contributed by atoms with van der Waals surface area (Å²) in [5.41, 5.74) is 2.58. The van der Waals surface area contributed by atoms with Crippen LogP contribution >= 0.6 is 0 Å². The Labute approximate surface area is 114 Å². The summed E-state index contributed by atoms with van der Waals surface area (Å²) in [7, 11) is 1.72. The number of likely N-dealkylation sites (tertiary alicyclic amines) is 1. The Morgan fingerprint density at radius 3 is 2.79 bits per heavy atom. The van der Waals surface area contributed by atoms with Gasteiger partial charge in [0.25, 0.3) is 0 Å². The highest BCUT2D eigenvalue weighted by Crippen LogP contribution is 2.27. The van der Waals surface area contributed by atoms with Gasteiger partial charge in [-0.3, -0.25) is 4.90 Å². The number of nitrogens with one attached hydrogen (secondary N) is 1. The second-order valence-corrected chi connectivity index (χ2v) is 5.65. The monoisotopic (exact) mass is 258 g/mol. The lowest BCUT2D eigenvalue weighted by Gasteiger charge is -2.45. The van der Waals surface area contributed by atoms with Crippen LogP contribution in [-0.2, 0) is 6.42 Å².